The Morgan fingerprint density at radius 1 is 1.04 bits per heavy atom. The van der Waals surface area contributed by atoms with Gasteiger partial charge in [-0.3, -0.25) is 14.9 Å². The lowest BCUT2D eigenvalue weighted by molar-refractivity contribution is -0.142. The van der Waals surface area contributed by atoms with Gasteiger partial charge in [0.15, 0.2) is 5.13 Å². The minimum absolute atomic E-state index is 0.0175. The van der Waals surface area contributed by atoms with E-state index in [1.807, 2.05) is 0 Å². The third kappa shape index (κ3) is 8.26. The second-order valence-corrected chi connectivity index (χ2v) is 15.0. The first-order valence-electron chi connectivity index (χ1n) is 16.5. The summed E-state index contributed by atoms with van der Waals surface area (Å²) in [6.45, 7) is 5.11. The Balaban J connectivity index is 1.27. The molecule has 13 heteroatoms. The minimum Gasteiger partial charge on any atom is -0.465 e. The maximum Gasteiger partial charge on any atom is 0.410 e. The van der Waals surface area contributed by atoms with Crippen LogP contribution in [0.5, 0.6) is 0 Å². The summed E-state index contributed by atoms with van der Waals surface area (Å²) < 4.78 is 20.0. The zero-order valence-corrected chi connectivity index (χ0v) is 27.7. The summed E-state index contributed by atoms with van der Waals surface area (Å²) in [4.78, 5) is 57.5. The summed E-state index contributed by atoms with van der Waals surface area (Å²) in [5.41, 5.74) is 0.510. The monoisotopic (exact) mass is 659 g/mol. The predicted octanol–water partition coefficient (Wildman–Crippen LogP) is 6.79. The summed E-state index contributed by atoms with van der Waals surface area (Å²) in [7, 11) is 0. The van der Waals surface area contributed by atoms with Crippen LogP contribution in [0.15, 0.2) is 18.2 Å². The van der Waals surface area contributed by atoms with Crippen LogP contribution in [-0.2, 0) is 14.3 Å². The van der Waals surface area contributed by atoms with Crippen LogP contribution >= 0.6 is 11.3 Å². The molecule has 2 heterocycles. The van der Waals surface area contributed by atoms with E-state index in [1.54, 1.807) is 43.9 Å². The second-order valence-electron chi connectivity index (χ2n) is 14.0. The fourth-order valence-electron chi connectivity index (χ4n) is 7.56. The number of carboxylic acid groups (broad SMARTS) is 1. The molecule has 1 aromatic heterocycles. The van der Waals surface area contributed by atoms with Crippen LogP contribution in [0.3, 0.4) is 0 Å². The van der Waals surface area contributed by atoms with E-state index in [2.05, 4.69) is 20.9 Å². The average molecular weight is 660 g/mol. The molecule has 0 radical (unpaired) electrons. The Labute approximate surface area is 273 Å². The van der Waals surface area contributed by atoms with E-state index in [1.165, 1.54) is 17.8 Å². The molecule has 46 heavy (non-hydrogen) atoms. The molecular weight excluding hydrogens is 613 g/mol. The van der Waals surface area contributed by atoms with Crippen molar-refractivity contribution in [2.45, 2.75) is 103 Å². The first-order valence-corrected chi connectivity index (χ1v) is 17.3. The fraction of sp³-hybridized carbons (Fsp3) is 0.667. The quantitative estimate of drug-likeness (QED) is 0.244. The first-order chi connectivity index (χ1) is 21.9. The molecule has 3 aliphatic rings. The van der Waals surface area contributed by atoms with Crippen LogP contribution < -0.4 is 16.0 Å². The molecule has 11 nitrogen and oxygen atoms in total. The number of carbonyl (C=O) groups is 4. The number of alkyl carbamates (subject to hydrolysis) is 1. The number of hydrogen-bond donors (Lipinski definition) is 4. The van der Waals surface area contributed by atoms with Crippen LogP contribution in [-0.4, -0.2) is 69.9 Å². The zero-order chi connectivity index (χ0) is 33.0. The summed E-state index contributed by atoms with van der Waals surface area (Å²) >= 11 is 1.18. The Morgan fingerprint density at radius 3 is 2.41 bits per heavy atom. The van der Waals surface area contributed by atoms with Crippen molar-refractivity contribution in [3.8, 4) is 0 Å². The molecule has 3 fully saturated rings. The lowest BCUT2D eigenvalue weighted by atomic mass is 9.76. The fourth-order valence-corrected chi connectivity index (χ4v) is 8.46. The number of thiazole rings is 1. The Bertz CT molecular complexity index is 1410. The largest absolute Gasteiger partial charge is 0.465 e. The highest BCUT2D eigenvalue weighted by atomic mass is 32.1. The molecule has 5 rings (SSSR count). The van der Waals surface area contributed by atoms with Crippen LogP contribution in [0.25, 0.3) is 10.2 Å². The molecule has 1 aliphatic heterocycles. The SMILES string of the molecule is CC(C)(C)OC(=O)N[C@H](CF)[C@H]1CC[C@H](C(=O)N2CC[C@@H](C3CCCCC3)[C@H]2C(=O)Nc2ccc3nc(NC(=O)O)sc3c2)CC1. The van der Waals surface area contributed by atoms with Gasteiger partial charge >= 0.3 is 12.2 Å². The number of rotatable bonds is 8. The number of hydrogen-bond acceptors (Lipinski definition) is 7. The standard InChI is InChI=1S/C33H46FN5O6S/c1-33(2,3)45-32(44)37-25(18-34)20-9-11-21(12-10-20)29(41)39-16-15-23(19-7-5-4-6-8-19)27(39)28(40)35-22-13-14-24-26(17-22)46-30(36-24)38-31(42)43/h13-14,17,19-21,23,25,27H,4-12,15-16,18H2,1-3H3,(H,35,40)(H,36,38)(H,37,44)(H,42,43)/t20-,21-,23-,25+,27-/m0/s1. The number of benzene rings is 1. The number of likely N-dealkylation sites (tertiary alicyclic amines) is 1. The summed E-state index contributed by atoms with van der Waals surface area (Å²) in [5, 5.41) is 17.3. The van der Waals surface area contributed by atoms with Gasteiger partial charge in [0.1, 0.15) is 18.3 Å². The van der Waals surface area contributed by atoms with E-state index < -0.39 is 36.5 Å². The van der Waals surface area contributed by atoms with Crippen molar-refractivity contribution >= 4 is 56.4 Å². The summed E-state index contributed by atoms with van der Waals surface area (Å²) in [6, 6.07) is 4.02. The Kier molecular flexibility index (Phi) is 10.7. The molecule has 252 valence electrons. The molecule has 0 spiro atoms. The van der Waals surface area contributed by atoms with E-state index in [0.29, 0.717) is 49.4 Å². The maximum absolute atomic E-state index is 14.1. The van der Waals surface area contributed by atoms with Gasteiger partial charge in [-0.05, 0) is 88.8 Å². The summed E-state index contributed by atoms with van der Waals surface area (Å²) in [5.74, 6) is -0.115. The van der Waals surface area contributed by atoms with E-state index in [0.717, 1.165) is 36.8 Å². The minimum atomic E-state index is -1.19. The molecule has 4 N–H and O–H groups in total. The number of ether oxygens (including phenoxy) is 1. The van der Waals surface area contributed by atoms with Crippen LogP contribution in [0, 0.1) is 23.7 Å². The Morgan fingerprint density at radius 2 is 1.76 bits per heavy atom. The number of anilines is 2. The molecule has 0 unspecified atom stereocenters. The van der Waals surface area contributed by atoms with Crippen molar-refractivity contribution in [1.82, 2.24) is 15.2 Å². The van der Waals surface area contributed by atoms with Gasteiger partial charge in [0, 0.05) is 18.2 Å². The molecule has 2 saturated carbocycles. The van der Waals surface area contributed by atoms with Crippen molar-refractivity contribution in [3.63, 3.8) is 0 Å². The normalized spacial score (nSPS) is 24.7. The van der Waals surface area contributed by atoms with Gasteiger partial charge in [-0.2, -0.15) is 0 Å². The number of nitrogens with one attached hydrogen (secondary N) is 3. The number of fused-ring (bicyclic) bond motifs is 1. The lowest BCUT2D eigenvalue weighted by Crippen LogP contribution is -2.50. The molecule has 2 aromatic rings. The third-order valence-electron chi connectivity index (χ3n) is 9.68. The number of nitrogens with zero attached hydrogens (tertiary/aromatic N) is 2. The lowest BCUT2D eigenvalue weighted by Gasteiger charge is -2.37. The third-order valence-corrected chi connectivity index (χ3v) is 10.6. The number of alkyl halides is 1. The van der Waals surface area contributed by atoms with E-state index in [9.17, 15) is 23.6 Å². The molecule has 1 aromatic carbocycles. The van der Waals surface area contributed by atoms with Gasteiger partial charge in [-0.15, -0.1) is 0 Å². The van der Waals surface area contributed by atoms with Crippen molar-refractivity contribution in [2.24, 2.45) is 23.7 Å². The molecular formula is C33H46FN5O6S. The average Bonchev–Trinajstić information content (AvgIpc) is 3.63. The van der Waals surface area contributed by atoms with Gasteiger partial charge < -0.3 is 25.4 Å². The number of halogens is 1. The predicted molar refractivity (Wildman–Crippen MR) is 175 cm³/mol. The zero-order valence-electron chi connectivity index (χ0n) is 26.9. The highest BCUT2D eigenvalue weighted by Crippen LogP contribution is 2.41. The van der Waals surface area contributed by atoms with Crippen LogP contribution in [0.4, 0.5) is 24.8 Å². The maximum atomic E-state index is 14.1. The van der Waals surface area contributed by atoms with Gasteiger partial charge in [0.2, 0.25) is 11.8 Å². The molecule has 4 amide bonds. The first kappa shape index (κ1) is 33.9. The number of aromatic nitrogens is 1. The number of amides is 4. The molecule has 2 aliphatic carbocycles. The van der Waals surface area contributed by atoms with Crippen molar-refractivity contribution in [1.29, 1.82) is 0 Å². The smallest absolute Gasteiger partial charge is 0.410 e. The number of carbonyl (C=O) groups excluding carboxylic acids is 3. The van der Waals surface area contributed by atoms with E-state index in [-0.39, 0.29) is 34.7 Å². The van der Waals surface area contributed by atoms with Gasteiger partial charge in [-0.25, -0.2) is 19.0 Å². The molecule has 0 bridgehead atoms. The van der Waals surface area contributed by atoms with E-state index in [4.69, 9.17) is 9.84 Å². The highest BCUT2D eigenvalue weighted by molar-refractivity contribution is 7.22. The second kappa shape index (κ2) is 14.5. The molecule has 3 atom stereocenters. The van der Waals surface area contributed by atoms with Gasteiger partial charge in [-0.1, -0.05) is 43.4 Å². The van der Waals surface area contributed by atoms with E-state index >= 15 is 0 Å². The van der Waals surface area contributed by atoms with Gasteiger partial charge in [0.25, 0.3) is 0 Å². The Hall–Kier alpha value is -3.48. The van der Waals surface area contributed by atoms with Crippen molar-refractivity contribution < 1.29 is 33.4 Å². The van der Waals surface area contributed by atoms with Crippen LogP contribution in [0.1, 0.15) is 85.0 Å². The van der Waals surface area contributed by atoms with Gasteiger partial charge in [0.05, 0.1) is 16.3 Å². The van der Waals surface area contributed by atoms with Crippen LogP contribution in [0.2, 0.25) is 0 Å². The highest BCUT2D eigenvalue weighted by Gasteiger charge is 2.47. The van der Waals surface area contributed by atoms with Crippen molar-refractivity contribution in [2.75, 3.05) is 23.9 Å². The molecule has 1 saturated heterocycles. The van der Waals surface area contributed by atoms with Crippen molar-refractivity contribution in [3.05, 3.63) is 18.2 Å². The summed E-state index contributed by atoms with van der Waals surface area (Å²) in [6.07, 6.45) is 6.88. The topological polar surface area (TPSA) is 150 Å².